The van der Waals surface area contributed by atoms with Crippen molar-refractivity contribution in [3.05, 3.63) is 0 Å². The Labute approximate surface area is 52.6 Å². The van der Waals surface area contributed by atoms with Crippen LogP contribution >= 0.6 is 0 Å². The summed E-state index contributed by atoms with van der Waals surface area (Å²) in [6.07, 6.45) is 0. The van der Waals surface area contributed by atoms with Crippen molar-refractivity contribution in [2.45, 2.75) is 13.8 Å². The summed E-state index contributed by atoms with van der Waals surface area (Å²) >= 11 is 0. The molecule has 0 rings (SSSR count). The molecule has 0 amide bonds. The van der Waals surface area contributed by atoms with E-state index in [2.05, 4.69) is 19.2 Å². The molecule has 2 heteroatoms. The number of rotatable bonds is 2. The molecule has 0 bridgehead atoms. The van der Waals surface area contributed by atoms with Crippen LogP contribution in [0.15, 0.2) is 0 Å². The van der Waals surface area contributed by atoms with Gasteiger partial charge in [0.2, 0.25) is 0 Å². The van der Waals surface area contributed by atoms with Gasteiger partial charge in [-0.05, 0) is 13.1 Å². The molecule has 0 saturated heterocycles. The van der Waals surface area contributed by atoms with Gasteiger partial charge >= 0.3 is 19.8 Å². The van der Waals surface area contributed by atoms with Crippen LogP contribution in [-0.2, 0) is 0 Å². The molecule has 6 heavy (non-hydrogen) atoms. The minimum absolute atomic E-state index is 0. The summed E-state index contributed by atoms with van der Waals surface area (Å²) in [5.74, 6) is 0. The van der Waals surface area contributed by atoms with E-state index in [-0.39, 0.29) is 19.8 Å². The van der Waals surface area contributed by atoms with Crippen molar-refractivity contribution >= 4 is 19.8 Å². The van der Waals surface area contributed by atoms with Crippen molar-refractivity contribution in [3.63, 3.8) is 0 Å². The second-order valence-corrected chi connectivity index (χ2v) is 0.957. The first kappa shape index (κ1) is 9.78. The van der Waals surface area contributed by atoms with Crippen LogP contribution in [0.4, 0.5) is 0 Å². The van der Waals surface area contributed by atoms with E-state index in [9.17, 15) is 0 Å². The zero-order chi connectivity index (χ0) is 4.12. The predicted octanol–water partition coefficient (Wildman–Crippen LogP) is -0.568. The number of hydrogen-bond donors (Lipinski definition) is 1. The average molecular weight is 146 g/mol. The summed E-state index contributed by atoms with van der Waals surface area (Å²) < 4.78 is 0. The maximum absolute atomic E-state index is 3.11. The van der Waals surface area contributed by atoms with Gasteiger partial charge in [0.25, 0.3) is 0 Å². The standard InChI is InChI=1S/C4H11N.Ga.3H/c1-3-5-4-2;;;;/h5H,3-4H2,1-2H3;;;;. The zero-order valence-corrected chi connectivity index (χ0v) is 3.91. The van der Waals surface area contributed by atoms with Gasteiger partial charge in [-0.3, -0.25) is 0 Å². The molecule has 0 aliphatic heterocycles. The Morgan fingerprint density at radius 2 is 1.50 bits per heavy atom. The van der Waals surface area contributed by atoms with Crippen LogP contribution in [0, 0.1) is 0 Å². The fourth-order valence-corrected chi connectivity index (χ4v) is 0.250. The Balaban J connectivity index is 0. The molecule has 0 aromatic rings. The molecule has 0 spiro atoms. The van der Waals surface area contributed by atoms with Gasteiger partial charge in [0.05, 0.1) is 0 Å². The summed E-state index contributed by atoms with van der Waals surface area (Å²) in [5, 5.41) is 3.11. The molecule has 0 aliphatic carbocycles. The molecular weight excluding hydrogens is 132 g/mol. The summed E-state index contributed by atoms with van der Waals surface area (Å²) in [6.45, 7) is 6.39. The molecule has 1 N–H and O–H groups in total. The van der Waals surface area contributed by atoms with Gasteiger partial charge in [0.1, 0.15) is 0 Å². The predicted molar refractivity (Wildman–Crippen MR) is 34.2 cm³/mol. The van der Waals surface area contributed by atoms with Crippen molar-refractivity contribution < 1.29 is 0 Å². The molecule has 0 aromatic heterocycles. The molecule has 0 radical (unpaired) electrons. The Bertz CT molecular complexity index is 15.0. The Morgan fingerprint density at radius 3 is 1.50 bits per heavy atom. The Hall–Kier alpha value is 0.596. The third-order valence-electron chi connectivity index (χ3n) is 0.500. The van der Waals surface area contributed by atoms with Crippen molar-refractivity contribution in [1.82, 2.24) is 5.32 Å². The number of nitrogens with one attached hydrogen (secondary N) is 1. The van der Waals surface area contributed by atoms with Gasteiger partial charge in [-0.15, -0.1) is 0 Å². The van der Waals surface area contributed by atoms with E-state index >= 15 is 0 Å². The topological polar surface area (TPSA) is 12.0 Å². The first-order valence-electron chi connectivity index (χ1n) is 2.12. The molecule has 0 unspecified atom stereocenters. The maximum atomic E-state index is 3.11. The second-order valence-electron chi connectivity index (χ2n) is 0.957. The molecule has 0 aliphatic rings. The van der Waals surface area contributed by atoms with Gasteiger partial charge in [-0.1, -0.05) is 13.8 Å². The van der Waals surface area contributed by atoms with Gasteiger partial charge < -0.3 is 5.32 Å². The van der Waals surface area contributed by atoms with Gasteiger partial charge in [-0.25, -0.2) is 0 Å². The van der Waals surface area contributed by atoms with Crippen LogP contribution < -0.4 is 5.32 Å². The average Bonchev–Trinajstić information content (AvgIpc) is 1.41. The molecule has 0 aromatic carbocycles. The van der Waals surface area contributed by atoms with Crippen molar-refractivity contribution in [1.29, 1.82) is 0 Å². The first-order chi connectivity index (χ1) is 2.41. The molecule has 0 fully saturated rings. The molecule has 1 nitrogen and oxygen atoms in total. The monoisotopic (exact) mass is 145 g/mol. The Morgan fingerprint density at radius 1 is 1.17 bits per heavy atom. The third kappa shape index (κ3) is 8.82. The van der Waals surface area contributed by atoms with E-state index in [0.29, 0.717) is 0 Å². The van der Waals surface area contributed by atoms with Crippen LogP contribution in [0.5, 0.6) is 0 Å². The van der Waals surface area contributed by atoms with E-state index in [1.165, 1.54) is 0 Å². The van der Waals surface area contributed by atoms with E-state index in [1.54, 1.807) is 0 Å². The van der Waals surface area contributed by atoms with E-state index in [4.69, 9.17) is 0 Å². The Kier molecular flexibility index (Phi) is 14.9. The van der Waals surface area contributed by atoms with E-state index < -0.39 is 0 Å². The SMILES string of the molecule is CCNCC.[GaH3]. The summed E-state index contributed by atoms with van der Waals surface area (Å²) in [5.41, 5.74) is 0. The number of hydrogen-bond acceptors (Lipinski definition) is 1. The van der Waals surface area contributed by atoms with Gasteiger partial charge in [0, 0.05) is 0 Å². The molecule has 0 heterocycles. The zero-order valence-electron chi connectivity index (χ0n) is 3.91. The van der Waals surface area contributed by atoms with Crippen LogP contribution in [0.1, 0.15) is 13.8 Å². The van der Waals surface area contributed by atoms with Gasteiger partial charge in [-0.2, -0.15) is 0 Å². The van der Waals surface area contributed by atoms with E-state index in [0.717, 1.165) is 13.1 Å². The van der Waals surface area contributed by atoms with Crippen LogP contribution in [0.3, 0.4) is 0 Å². The van der Waals surface area contributed by atoms with Gasteiger partial charge in [0.15, 0.2) is 0 Å². The molecule has 0 atom stereocenters. The summed E-state index contributed by atoms with van der Waals surface area (Å²) in [6, 6.07) is 0. The fourth-order valence-electron chi connectivity index (χ4n) is 0.250. The molecule has 0 saturated carbocycles. The van der Waals surface area contributed by atoms with Crippen LogP contribution in [0.25, 0.3) is 0 Å². The van der Waals surface area contributed by atoms with Crippen molar-refractivity contribution in [3.8, 4) is 0 Å². The minimum atomic E-state index is 0. The van der Waals surface area contributed by atoms with Crippen LogP contribution in [0.2, 0.25) is 0 Å². The second kappa shape index (κ2) is 9.14. The molecular formula is C4H14GaN. The molecule has 38 valence electrons. The fraction of sp³-hybridized carbons (Fsp3) is 1.00. The normalized spacial score (nSPS) is 7.00. The van der Waals surface area contributed by atoms with Crippen molar-refractivity contribution in [2.75, 3.05) is 13.1 Å². The van der Waals surface area contributed by atoms with E-state index in [1.807, 2.05) is 0 Å². The van der Waals surface area contributed by atoms with Crippen LogP contribution in [-0.4, -0.2) is 32.9 Å². The van der Waals surface area contributed by atoms with Crippen molar-refractivity contribution in [2.24, 2.45) is 0 Å². The first-order valence-corrected chi connectivity index (χ1v) is 2.12. The summed E-state index contributed by atoms with van der Waals surface area (Å²) in [4.78, 5) is 0. The third-order valence-corrected chi connectivity index (χ3v) is 0.500. The summed E-state index contributed by atoms with van der Waals surface area (Å²) in [7, 11) is 0. The quantitative estimate of drug-likeness (QED) is 0.514.